The van der Waals surface area contributed by atoms with E-state index in [4.69, 9.17) is 16.3 Å². The first-order valence-electron chi connectivity index (χ1n) is 7.15. The van der Waals surface area contributed by atoms with Gasteiger partial charge in [-0.15, -0.1) is 0 Å². The van der Waals surface area contributed by atoms with Crippen LogP contribution in [0.3, 0.4) is 0 Å². The lowest BCUT2D eigenvalue weighted by atomic mass is 9.95. The molecule has 0 N–H and O–H groups in total. The minimum Gasteiger partial charge on any atom is -0.448 e. The quantitative estimate of drug-likeness (QED) is 0.340. The van der Waals surface area contributed by atoms with Crippen molar-refractivity contribution in [2.75, 3.05) is 6.07 Å². The van der Waals surface area contributed by atoms with Crippen molar-refractivity contribution < 1.29 is 22.7 Å². The van der Waals surface area contributed by atoms with Crippen molar-refractivity contribution >= 4 is 39.4 Å². The zero-order chi connectivity index (χ0) is 17.7. The lowest BCUT2D eigenvalue weighted by Crippen LogP contribution is -2.59. The van der Waals surface area contributed by atoms with Crippen LogP contribution in [0.4, 0.5) is 0 Å². The van der Waals surface area contributed by atoms with E-state index < -0.39 is 43.9 Å². The van der Waals surface area contributed by atoms with E-state index >= 15 is 0 Å². The summed E-state index contributed by atoms with van der Waals surface area (Å²) in [5, 5.41) is -1.17. The summed E-state index contributed by atoms with van der Waals surface area (Å²) in [7, 11) is -3.82. The summed E-state index contributed by atoms with van der Waals surface area (Å²) in [5.74, 6) is -1.34. The van der Waals surface area contributed by atoms with Crippen LogP contribution in [0.15, 0.2) is 30.0 Å². The fourth-order valence-corrected chi connectivity index (χ4v) is 5.30. The van der Waals surface area contributed by atoms with Crippen LogP contribution in [-0.4, -0.2) is 52.4 Å². The Labute approximate surface area is 144 Å². The fourth-order valence-electron chi connectivity index (χ4n) is 3.08. The molecule has 0 aliphatic carbocycles. The van der Waals surface area contributed by atoms with Gasteiger partial charge in [0.25, 0.3) is 5.91 Å². The summed E-state index contributed by atoms with van der Waals surface area (Å²) in [5.41, 5.74) is 0.572. The number of hydrogen-bond acceptors (Lipinski definition) is 6. The number of ether oxygens (including phenoxy) is 1. The van der Waals surface area contributed by atoms with E-state index in [1.807, 2.05) is 0 Å². The number of carbonyl (C=O) groups is 2. The Morgan fingerprint density at radius 2 is 2.17 bits per heavy atom. The Bertz CT molecular complexity index is 835. The van der Waals surface area contributed by atoms with Gasteiger partial charge in [0.2, 0.25) is 0 Å². The van der Waals surface area contributed by atoms with Gasteiger partial charge in [0.05, 0.1) is 11.3 Å². The van der Waals surface area contributed by atoms with Gasteiger partial charge in [-0.05, 0) is 32.1 Å². The number of nitrogens with zero attached hydrogens (tertiary/aromatic N) is 2. The summed E-state index contributed by atoms with van der Waals surface area (Å²) >= 11 is 5.40. The van der Waals surface area contributed by atoms with Gasteiger partial charge < -0.3 is 9.64 Å². The van der Waals surface area contributed by atoms with Crippen LogP contribution in [0.1, 0.15) is 19.5 Å². The Hall–Kier alpha value is -1.93. The first-order valence-corrected chi connectivity index (χ1v) is 9.23. The van der Waals surface area contributed by atoms with E-state index in [1.54, 1.807) is 24.4 Å². The van der Waals surface area contributed by atoms with E-state index in [0.29, 0.717) is 5.69 Å². The standard InChI is InChI=1S/C15H15ClN2O5S/c1-15(2)11(14(20)23-8-16)18-12(19)10(13(18)24(15,21)22)7-9-5-3-4-6-17-9/h3-7,11,13H,8H2,1-2H3/b10-7+/t11-,13+/m0/s1. The number of aromatic nitrogens is 1. The molecule has 2 saturated heterocycles. The van der Waals surface area contributed by atoms with Gasteiger partial charge in [-0.1, -0.05) is 17.7 Å². The Kier molecular flexibility index (Phi) is 3.92. The molecule has 128 valence electrons. The average Bonchev–Trinajstić information content (AvgIpc) is 2.67. The Morgan fingerprint density at radius 3 is 2.75 bits per heavy atom. The Balaban J connectivity index is 2.05. The van der Waals surface area contributed by atoms with Gasteiger partial charge in [-0.25, -0.2) is 13.2 Å². The molecule has 1 aromatic rings. The van der Waals surface area contributed by atoms with E-state index in [0.717, 1.165) is 4.90 Å². The normalized spacial score (nSPS) is 28.4. The second-order valence-corrected chi connectivity index (χ2v) is 8.85. The number of halogens is 1. The highest BCUT2D eigenvalue weighted by atomic mass is 35.5. The number of rotatable bonds is 3. The number of amides is 1. The number of pyridine rings is 1. The number of β-lactam (4-membered cyclic amide) rings is 1. The maximum absolute atomic E-state index is 12.8. The summed E-state index contributed by atoms with van der Waals surface area (Å²) in [6.07, 6.45) is 2.98. The first kappa shape index (κ1) is 16.9. The molecule has 1 amide bonds. The van der Waals surface area contributed by atoms with Gasteiger partial charge in [0.15, 0.2) is 27.3 Å². The third kappa shape index (κ3) is 2.16. The maximum atomic E-state index is 12.8. The highest BCUT2D eigenvalue weighted by Gasteiger charge is 2.70. The van der Waals surface area contributed by atoms with Crippen molar-refractivity contribution in [3.05, 3.63) is 35.7 Å². The molecule has 0 radical (unpaired) electrons. The van der Waals surface area contributed by atoms with E-state index in [1.165, 1.54) is 19.9 Å². The fraction of sp³-hybridized carbons (Fsp3) is 0.400. The van der Waals surface area contributed by atoms with Gasteiger partial charge in [0, 0.05) is 6.20 Å². The lowest BCUT2D eigenvalue weighted by Gasteiger charge is -2.38. The molecule has 0 aromatic carbocycles. The lowest BCUT2D eigenvalue weighted by molar-refractivity contribution is -0.156. The number of alkyl halides is 1. The smallest absolute Gasteiger partial charge is 0.331 e. The molecule has 7 nitrogen and oxygen atoms in total. The molecule has 0 saturated carbocycles. The van der Waals surface area contributed by atoms with Crippen molar-refractivity contribution in [2.24, 2.45) is 0 Å². The molecule has 2 aliphatic heterocycles. The number of hydrogen-bond donors (Lipinski definition) is 0. The predicted octanol–water partition coefficient (Wildman–Crippen LogP) is 0.948. The molecule has 2 fully saturated rings. The van der Waals surface area contributed by atoms with Gasteiger partial charge in [-0.3, -0.25) is 9.78 Å². The van der Waals surface area contributed by atoms with Crippen molar-refractivity contribution in [1.82, 2.24) is 9.88 Å². The minimum atomic E-state index is -3.82. The summed E-state index contributed by atoms with van der Waals surface area (Å²) in [6.45, 7) is 2.82. The Morgan fingerprint density at radius 1 is 1.46 bits per heavy atom. The number of sulfone groups is 1. The molecule has 0 spiro atoms. The predicted molar refractivity (Wildman–Crippen MR) is 86.4 cm³/mol. The van der Waals surface area contributed by atoms with Crippen LogP contribution in [0.2, 0.25) is 0 Å². The van der Waals surface area contributed by atoms with Crippen LogP contribution in [0.25, 0.3) is 6.08 Å². The number of esters is 1. The summed E-state index contributed by atoms with van der Waals surface area (Å²) in [4.78, 5) is 29.7. The van der Waals surface area contributed by atoms with Crippen LogP contribution < -0.4 is 0 Å². The van der Waals surface area contributed by atoms with Gasteiger partial charge >= 0.3 is 5.97 Å². The second-order valence-electron chi connectivity index (χ2n) is 6.04. The van der Waals surface area contributed by atoms with Crippen LogP contribution >= 0.6 is 11.6 Å². The van der Waals surface area contributed by atoms with E-state index in [9.17, 15) is 18.0 Å². The average molecular weight is 371 g/mol. The molecule has 2 atom stereocenters. The van der Waals surface area contributed by atoms with Crippen molar-refractivity contribution in [3.63, 3.8) is 0 Å². The zero-order valence-corrected chi connectivity index (χ0v) is 14.5. The van der Waals surface area contributed by atoms with Crippen molar-refractivity contribution in [3.8, 4) is 0 Å². The maximum Gasteiger partial charge on any atom is 0.331 e. The molecule has 0 unspecified atom stereocenters. The topological polar surface area (TPSA) is 93.6 Å². The first-order chi connectivity index (χ1) is 11.2. The number of fused-ring (bicyclic) bond motifs is 1. The number of carbonyl (C=O) groups excluding carboxylic acids is 2. The van der Waals surface area contributed by atoms with Crippen molar-refractivity contribution in [1.29, 1.82) is 0 Å². The summed E-state index contributed by atoms with van der Waals surface area (Å²) in [6, 6.07) is 3.47. The van der Waals surface area contributed by atoms with E-state index in [2.05, 4.69) is 4.98 Å². The highest BCUT2D eigenvalue weighted by molar-refractivity contribution is 7.94. The SMILES string of the molecule is CC1(C)[C@H](C(=O)OCCl)N2C(=O)/C(=C\c3ccccn3)[C@H]2S1(=O)=O. The second kappa shape index (κ2) is 5.56. The molecule has 3 rings (SSSR count). The molecule has 0 bridgehead atoms. The van der Waals surface area contributed by atoms with Gasteiger partial charge in [0.1, 0.15) is 4.75 Å². The molecule has 2 aliphatic rings. The molecule has 9 heteroatoms. The third-order valence-corrected chi connectivity index (χ3v) is 7.24. The molecule has 1 aromatic heterocycles. The highest BCUT2D eigenvalue weighted by Crippen LogP contribution is 2.49. The zero-order valence-electron chi connectivity index (χ0n) is 13.0. The minimum absolute atomic E-state index is 0.1000. The monoisotopic (exact) mass is 370 g/mol. The largest absolute Gasteiger partial charge is 0.448 e. The summed E-state index contributed by atoms with van der Waals surface area (Å²) < 4.78 is 29.0. The molecular weight excluding hydrogens is 356 g/mol. The molecular formula is C15H15ClN2O5S. The van der Waals surface area contributed by atoms with Gasteiger partial charge in [-0.2, -0.15) is 0 Å². The molecule has 3 heterocycles. The third-order valence-electron chi connectivity index (χ3n) is 4.38. The molecule has 24 heavy (non-hydrogen) atoms. The van der Waals surface area contributed by atoms with Crippen LogP contribution in [-0.2, 0) is 24.2 Å². The van der Waals surface area contributed by atoms with Crippen molar-refractivity contribution in [2.45, 2.75) is 30.0 Å². The van der Waals surface area contributed by atoms with Crippen LogP contribution in [0, 0.1) is 0 Å². The van der Waals surface area contributed by atoms with E-state index in [-0.39, 0.29) is 5.57 Å². The van der Waals surface area contributed by atoms with Crippen LogP contribution in [0.5, 0.6) is 0 Å².